The van der Waals surface area contributed by atoms with E-state index in [0.29, 0.717) is 5.56 Å². The highest BCUT2D eigenvalue weighted by atomic mass is 19.1. The number of carbonyl (C=O) groups is 3. The molecule has 2 atom stereocenters. The van der Waals surface area contributed by atoms with Crippen molar-refractivity contribution in [3.8, 4) is 0 Å². The van der Waals surface area contributed by atoms with Crippen molar-refractivity contribution in [2.75, 3.05) is 7.11 Å². The number of rotatable bonds is 8. The maximum Gasteiger partial charge on any atom is 0.328 e. The molecule has 0 bridgehead atoms. The van der Waals surface area contributed by atoms with Gasteiger partial charge in [0.2, 0.25) is 11.8 Å². The molecule has 0 aromatic heterocycles. The molecule has 2 amide bonds. The molecule has 29 heavy (non-hydrogen) atoms. The predicted octanol–water partition coefficient (Wildman–Crippen LogP) is 2.08. The number of benzene rings is 2. The summed E-state index contributed by atoms with van der Waals surface area (Å²) in [6.45, 7) is 3.24. The second-order valence-corrected chi connectivity index (χ2v) is 6.86. The zero-order valence-electron chi connectivity index (χ0n) is 16.7. The largest absolute Gasteiger partial charge is 0.467 e. The molecule has 2 rings (SSSR count). The Morgan fingerprint density at radius 2 is 1.62 bits per heavy atom. The third kappa shape index (κ3) is 7.03. The summed E-state index contributed by atoms with van der Waals surface area (Å²) in [5.74, 6) is -1.98. The standard InChI is InChI=1S/C22H25FN2O4/c1-14-7-9-16(10-8-14)12-20(22(28)29-3)25-21(27)19(24-15(2)26)13-17-5-4-6-18(23)11-17/h4-11,19-20H,12-13H2,1-3H3,(H,24,26)(H,25,27)/t19-,20+/m1/s1. The maximum atomic E-state index is 13.5. The number of aryl methyl sites for hydroxylation is 1. The van der Waals surface area contributed by atoms with Crippen LogP contribution in [0.25, 0.3) is 0 Å². The summed E-state index contributed by atoms with van der Waals surface area (Å²) in [5, 5.41) is 5.20. The molecule has 2 N–H and O–H groups in total. The van der Waals surface area contributed by atoms with Crippen LogP contribution in [0, 0.1) is 12.7 Å². The van der Waals surface area contributed by atoms with Crippen LogP contribution in [0.5, 0.6) is 0 Å². The molecule has 0 saturated carbocycles. The monoisotopic (exact) mass is 400 g/mol. The number of hydrogen-bond donors (Lipinski definition) is 2. The van der Waals surface area contributed by atoms with Crippen molar-refractivity contribution < 1.29 is 23.5 Å². The average Bonchev–Trinajstić information content (AvgIpc) is 2.67. The van der Waals surface area contributed by atoms with Crippen molar-refractivity contribution >= 4 is 17.8 Å². The van der Waals surface area contributed by atoms with Gasteiger partial charge in [0.05, 0.1) is 7.11 Å². The van der Waals surface area contributed by atoms with Gasteiger partial charge < -0.3 is 15.4 Å². The lowest BCUT2D eigenvalue weighted by Gasteiger charge is -2.22. The Kier molecular flexibility index (Phi) is 7.88. The van der Waals surface area contributed by atoms with E-state index in [9.17, 15) is 18.8 Å². The van der Waals surface area contributed by atoms with Gasteiger partial charge >= 0.3 is 5.97 Å². The first kappa shape index (κ1) is 22.1. The van der Waals surface area contributed by atoms with E-state index in [2.05, 4.69) is 10.6 Å². The number of esters is 1. The summed E-state index contributed by atoms with van der Waals surface area (Å²) < 4.78 is 18.3. The minimum Gasteiger partial charge on any atom is -0.467 e. The lowest BCUT2D eigenvalue weighted by Crippen LogP contribution is -2.53. The van der Waals surface area contributed by atoms with Crippen LogP contribution in [0.2, 0.25) is 0 Å². The number of nitrogens with one attached hydrogen (secondary N) is 2. The van der Waals surface area contributed by atoms with Gasteiger partial charge in [-0.05, 0) is 30.2 Å². The molecule has 2 aromatic carbocycles. The number of halogens is 1. The van der Waals surface area contributed by atoms with Crippen molar-refractivity contribution in [3.63, 3.8) is 0 Å². The second-order valence-electron chi connectivity index (χ2n) is 6.86. The van der Waals surface area contributed by atoms with Crippen LogP contribution in [-0.2, 0) is 32.0 Å². The first-order chi connectivity index (χ1) is 13.8. The molecule has 0 aliphatic carbocycles. The summed E-state index contributed by atoms with van der Waals surface area (Å²) in [7, 11) is 1.24. The number of carbonyl (C=O) groups excluding carboxylic acids is 3. The van der Waals surface area contributed by atoms with Gasteiger partial charge in [0.25, 0.3) is 0 Å². The molecule has 6 nitrogen and oxygen atoms in total. The van der Waals surface area contributed by atoms with Crippen molar-refractivity contribution in [2.24, 2.45) is 0 Å². The van der Waals surface area contributed by atoms with Gasteiger partial charge in [-0.1, -0.05) is 42.0 Å². The molecule has 7 heteroatoms. The maximum absolute atomic E-state index is 13.5. The fraction of sp³-hybridized carbons (Fsp3) is 0.318. The molecular formula is C22H25FN2O4. The predicted molar refractivity (Wildman–Crippen MR) is 107 cm³/mol. The highest BCUT2D eigenvalue weighted by Crippen LogP contribution is 2.10. The Balaban J connectivity index is 2.16. The number of ether oxygens (including phenoxy) is 1. The molecule has 0 heterocycles. The molecule has 0 spiro atoms. The van der Waals surface area contributed by atoms with Crippen molar-refractivity contribution in [2.45, 2.75) is 38.8 Å². The van der Waals surface area contributed by atoms with E-state index in [1.807, 2.05) is 31.2 Å². The third-order valence-corrected chi connectivity index (χ3v) is 4.39. The SMILES string of the molecule is COC(=O)[C@H](Cc1ccc(C)cc1)NC(=O)[C@@H](Cc1cccc(F)c1)NC(C)=O. The smallest absolute Gasteiger partial charge is 0.328 e. The van der Waals surface area contributed by atoms with Crippen LogP contribution < -0.4 is 10.6 Å². The first-order valence-electron chi connectivity index (χ1n) is 9.23. The molecular weight excluding hydrogens is 375 g/mol. The van der Waals surface area contributed by atoms with Crippen LogP contribution >= 0.6 is 0 Å². The highest BCUT2D eigenvalue weighted by molar-refractivity contribution is 5.90. The summed E-state index contributed by atoms with van der Waals surface area (Å²) in [6.07, 6.45) is 0.326. The summed E-state index contributed by atoms with van der Waals surface area (Å²) in [5.41, 5.74) is 2.48. The first-order valence-corrected chi connectivity index (χ1v) is 9.23. The van der Waals surface area contributed by atoms with E-state index in [0.717, 1.165) is 11.1 Å². The summed E-state index contributed by atoms with van der Waals surface area (Å²) >= 11 is 0. The van der Waals surface area contributed by atoms with Crippen LogP contribution in [0.3, 0.4) is 0 Å². The van der Waals surface area contributed by atoms with Crippen molar-refractivity contribution in [3.05, 3.63) is 71.0 Å². The van der Waals surface area contributed by atoms with Gasteiger partial charge in [0, 0.05) is 19.8 Å². The highest BCUT2D eigenvalue weighted by Gasteiger charge is 2.27. The van der Waals surface area contributed by atoms with Crippen LogP contribution in [0.4, 0.5) is 4.39 Å². The van der Waals surface area contributed by atoms with Gasteiger partial charge in [0.1, 0.15) is 17.9 Å². The second kappa shape index (κ2) is 10.4. The summed E-state index contributed by atoms with van der Waals surface area (Å²) in [6, 6.07) is 11.5. The molecule has 0 radical (unpaired) electrons. The molecule has 0 aliphatic rings. The van der Waals surface area contributed by atoms with E-state index in [4.69, 9.17) is 4.74 Å². The quantitative estimate of drug-likeness (QED) is 0.665. The number of amides is 2. The van der Waals surface area contributed by atoms with Gasteiger partial charge in [-0.2, -0.15) is 0 Å². The molecule has 0 aliphatic heterocycles. The Morgan fingerprint density at radius 3 is 2.21 bits per heavy atom. The van der Waals surface area contributed by atoms with Crippen LogP contribution in [0.15, 0.2) is 48.5 Å². The van der Waals surface area contributed by atoms with Gasteiger partial charge in [-0.15, -0.1) is 0 Å². The minimum atomic E-state index is -0.959. The molecule has 0 fully saturated rings. The van der Waals surface area contributed by atoms with E-state index < -0.39 is 35.7 Å². The van der Waals surface area contributed by atoms with E-state index in [-0.39, 0.29) is 12.8 Å². The average molecular weight is 400 g/mol. The fourth-order valence-corrected chi connectivity index (χ4v) is 2.92. The number of methoxy groups -OCH3 is 1. The molecule has 154 valence electrons. The molecule has 2 aromatic rings. The molecule has 0 unspecified atom stereocenters. The Hall–Kier alpha value is -3.22. The lowest BCUT2D eigenvalue weighted by molar-refractivity contribution is -0.145. The van der Waals surface area contributed by atoms with Crippen LogP contribution in [0.1, 0.15) is 23.6 Å². The lowest BCUT2D eigenvalue weighted by atomic mass is 10.0. The Bertz CT molecular complexity index is 867. The summed E-state index contributed by atoms with van der Waals surface area (Å²) in [4.78, 5) is 36.6. The normalized spacial score (nSPS) is 12.6. The van der Waals surface area contributed by atoms with Crippen LogP contribution in [-0.4, -0.2) is 37.0 Å². The third-order valence-electron chi connectivity index (χ3n) is 4.39. The van der Waals surface area contributed by atoms with E-state index >= 15 is 0 Å². The topological polar surface area (TPSA) is 84.5 Å². The molecule has 0 saturated heterocycles. The zero-order chi connectivity index (χ0) is 21.4. The minimum absolute atomic E-state index is 0.0849. The van der Waals surface area contributed by atoms with Gasteiger partial charge in [-0.3, -0.25) is 9.59 Å². The van der Waals surface area contributed by atoms with Gasteiger partial charge in [-0.25, -0.2) is 9.18 Å². The van der Waals surface area contributed by atoms with Crippen molar-refractivity contribution in [1.82, 2.24) is 10.6 Å². The van der Waals surface area contributed by atoms with E-state index in [1.165, 1.54) is 32.2 Å². The number of hydrogen-bond acceptors (Lipinski definition) is 4. The van der Waals surface area contributed by atoms with Gasteiger partial charge in [0.15, 0.2) is 0 Å². The van der Waals surface area contributed by atoms with E-state index in [1.54, 1.807) is 6.07 Å². The Labute approximate surface area is 169 Å². The fourth-order valence-electron chi connectivity index (χ4n) is 2.92. The van der Waals surface area contributed by atoms with Crippen molar-refractivity contribution in [1.29, 1.82) is 0 Å². The Morgan fingerprint density at radius 1 is 0.966 bits per heavy atom. The zero-order valence-corrected chi connectivity index (χ0v) is 16.7.